The highest BCUT2D eigenvalue weighted by atomic mass is 32.1. The molecule has 0 fully saturated rings. The number of hydrogen-bond acceptors (Lipinski definition) is 5. The van der Waals surface area contributed by atoms with Crippen LogP contribution in [0.3, 0.4) is 0 Å². The Morgan fingerprint density at radius 2 is 1.73 bits per heavy atom. The first-order chi connectivity index (χ1) is 21.5. The Balaban J connectivity index is 1.46. The number of amides is 1. The number of thiocarbonyl (C=S) groups is 1. The third-order valence-corrected chi connectivity index (χ3v) is 7.96. The molecule has 1 heterocycles. The summed E-state index contributed by atoms with van der Waals surface area (Å²) in [6.45, 7) is 2.67. The fourth-order valence-electron chi connectivity index (χ4n) is 5.02. The molecule has 0 aliphatic heterocycles. The van der Waals surface area contributed by atoms with Crippen LogP contribution in [0.5, 0.6) is 0 Å². The topological polar surface area (TPSA) is 100.0 Å². The van der Waals surface area contributed by atoms with Crippen LogP contribution in [0.2, 0.25) is 0 Å². The van der Waals surface area contributed by atoms with Crippen molar-refractivity contribution in [2.24, 2.45) is 5.73 Å². The van der Waals surface area contributed by atoms with Crippen LogP contribution in [0.1, 0.15) is 46.9 Å². The third-order valence-electron chi connectivity index (χ3n) is 7.56. The van der Waals surface area contributed by atoms with E-state index in [1.54, 1.807) is 42.5 Å². The van der Waals surface area contributed by atoms with Crippen molar-refractivity contribution < 1.29 is 18.0 Å². The Kier molecular flexibility index (Phi) is 11.1. The van der Waals surface area contributed by atoms with Crippen LogP contribution in [0, 0.1) is 11.3 Å². The van der Waals surface area contributed by atoms with Crippen LogP contribution in [0.4, 0.5) is 13.2 Å². The molecule has 4 aromatic rings. The molecule has 7 nitrogen and oxygen atoms in total. The van der Waals surface area contributed by atoms with Gasteiger partial charge in [0, 0.05) is 44.5 Å². The number of aromatic nitrogens is 2. The van der Waals surface area contributed by atoms with E-state index in [0.717, 1.165) is 17.2 Å². The number of nitrogens with two attached hydrogens (primary N) is 1. The lowest BCUT2D eigenvalue weighted by Gasteiger charge is -2.34. The van der Waals surface area contributed by atoms with Gasteiger partial charge in [-0.2, -0.15) is 18.4 Å². The Bertz CT molecular complexity index is 1630. The van der Waals surface area contributed by atoms with Crippen molar-refractivity contribution in [3.63, 3.8) is 0 Å². The number of rotatable bonds is 13. The summed E-state index contributed by atoms with van der Waals surface area (Å²) in [6.07, 6.45) is -0.467. The molecule has 45 heavy (non-hydrogen) atoms. The molecular formula is C34H35F3N6OS. The summed E-state index contributed by atoms with van der Waals surface area (Å²) in [6, 6.07) is 24.4. The van der Waals surface area contributed by atoms with Gasteiger partial charge in [0.05, 0.1) is 40.5 Å². The highest BCUT2D eigenvalue weighted by Gasteiger charge is 2.34. The second kappa shape index (κ2) is 15.0. The first-order valence-electron chi connectivity index (χ1n) is 14.5. The van der Waals surface area contributed by atoms with E-state index in [2.05, 4.69) is 16.4 Å². The van der Waals surface area contributed by atoms with E-state index in [9.17, 15) is 18.0 Å². The molecule has 11 heteroatoms. The highest BCUT2D eigenvalue weighted by Crippen LogP contribution is 2.32. The van der Waals surface area contributed by atoms with Gasteiger partial charge in [-0.3, -0.25) is 4.79 Å². The fraction of sp³-hybridized carbons (Fsp3) is 0.294. The van der Waals surface area contributed by atoms with Gasteiger partial charge in [0.15, 0.2) is 0 Å². The second-order valence-electron chi connectivity index (χ2n) is 11.2. The van der Waals surface area contributed by atoms with E-state index in [1.165, 1.54) is 12.1 Å². The zero-order valence-corrected chi connectivity index (χ0v) is 25.7. The first-order valence-corrected chi connectivity index (χ1v) is 14.9. The van der Waals surface area contributed by atoms with E-state index < -0.39 is 17.3 Å². The molecule has 0 saturated carbocycles. The van der Waals surface area contributed by atoms with Gasteiger partial charge in [-0.25, -0.2) is 4.98 Å². The average molecular weight is 633 g/mol. The van der Waals surface area contributed by atoms with Gasteiger partial charge in [0.25, 0.3) is 0 Å². The molecule has 4 rings (SSSR count). The maximum Gasteiger partial charge on any atom is 0.416 e. The fourth-order valence-corrected chi connectivity index (χ4v) is 5.49. The van der Waals surface area contributed by atoms with Gasteiger partial charge in [0.1, 0.15) is 0 Å². The van der Waals surface area contributed by atoms with E-state index in [1.807, 2.05) is 47.0 Å². The molecule has 0 radical (unpaired) electrons. The Hall–Kier alpha value is -4.53. The molecule has 1 atom stereocenters. The highest BCUT2D eigenvalue weighted by molar-refractivity contribution is 7.80. The summed E-state index contributed by atoms with van der Waals surface area (Å²) in [5.74, 6) is -0.286. The van der Waals surface area contributed by atoms with Crippen LogP contribution in [-0.2, 0) is 36.9 Å². The minimum absolute atomic E-state index is 0.0370. The molecule has 0 aliphatic rings. The van der Waals surface area contributed by atoms with Gasteiger partial charge in [-0.1, -0.05) is 72.9 Å². The minimum Gasteiger partial charge on any atom is -0.361 e. The molecule has 0 saturated heterocycles. The third kappa shape index (κ3) is 9.48. The van der Waals surface area contributed by atoms with Gasteiger partial charge in [-0.15, -0.1) is 0 Å². The normalized spacial score (nSPS) is 12.6. The number of imidazole rings is 1. The van der Waals surface area contributed by atoms with Crippen molar-refractivity contribution in [3.8, 4) is 6.07 Å². The molecule has 3 N–H and O–H groups in total. The molecule has 234 valence electrons. The summed E-state index contributed by atoms with van der Waals surface area (Å²) in [5, 5.41) is 12.0. The van der Waals surface area contributed by atoms with E-state index in [4.69, 9.17) is 23.2 Å². The van der Waals surface area contributed by atoms with Crippen molar-refractivity contribution in [2.75, 3.05) is 13.1 Å². The zero-order chi connectivity index (χ0) is 32.5. The van der Waals surface area contributed by atoms with Crippen LogP contribution in [-0.4, -0.2) is 44.0 Å². The average Bonchev–Trinajstić information content (AvgIpc) is 3.45. The smallest absolute Gasteiger partial charge is 0.361 e. The molecule has 1 aromatic heterocycles. The first kappa shape index (κ1) is 33.4. The zero-order valence-electron chi connectivity index (χ0n) is 24.9. The molecule has 1 amide bonds. The van der Waals surface area contributed by atoms with E-state index in [-0.39, 0.29) is 37.4 Å². The van der Waals surface area contributed by atoms with Crippen molar-refractivity contribution in [1.82, 2.24) is 19.8 Å². The lowest BCUT2D eigenvalue weighted by Crippen LogP contribution is -2.54. The quantitative estimate of drug-likeness (QED) is 0.185. The Morgan fingerprint density at radius 1 is 1.04 bits per heavy atom. The van der Waals surface area contributed by atoms with Crippen molar-refractivity contribution >= 4 is 23.1 Å². The minimum atomic E-state index is -4.50. The summed E-state index contributed by atoms with van der Waals surface area (Å²) in [5.41, 5.74) is 7.85. The molecule has 0 aliphatic carbocycles. The number of nitrogens with zero attached hydrogens (tertiary/aromatic N) is 4. The number of carbonyl (C=O) groups is 1. The SMILES string of the molecule is CC(CN)(CC(=S)N(CCc1ccccc1)Cc1ccccc1C(F)(F)F)NC(=O)Cc1cncn1Cc1ccc(C#N)cc1. The number of halogens is 3. The van der Waals surface area contributed by atoms with Crippen LogP contribution >= 0.6 is 12.2 Å². The lowest BCUT2D eigenvalue weighted by molar-refractivity contribution is -0.138. The van der Waals surface area contributed by atoms with Crippen LogP contribution in [0.25, 0.3) is 0 Å². The number of alkyl halides is 3. The van der Waals surface area contributed by atoms with Crippen LogP contribution in [0.15, 0.2) is 91.4 Å². The number of benzene rings is 3. The molecular weight excluding hydrogens is 597 g/mol. The maximum atomic E-state index is 13.8. The Morgan fingerprint density at radius 3 is 2.40 bits per heavy atom. The van der Waals surface area contributed by atoms with Gasteiger partial charge < -0.3 is 20.5 Å². The summed E-state index contributed by atoms with van der Waals surface area (Å²) < 4.78 is 43.3. The predicted octanol–water partition coefficient (Wildman–Crippen LogP) is 5.66. The van der Waals surface area contributed by atoms with Gasteiger partial charge >= 0.3 is 6.18 Å². The van der Waals surface area contributed by atoms with E-state index >= 15 is 0 Å². The maximum absolute atomic E-state index is 13.8. The second-order valence-corrected chi connectivity index (χ2v) is 11.7. The predicted molar refractivity (Wildman–Crippen MR) is 171 cm³/mol. The van der Waals surface area contributed by atoms with Crippen molar-refractivity contribution in [2.45, 2.75) is 51.0 Å². The summed E-state index contributed by atoms with van der Waals surface area (Å²) >= 11 is 5.83. The number of carbonyl (C=O) groups excluding carboxylic acids is 1. The Labute approximate surface area is 266 Å². The number of hydrogen-bond donors (Lipinski definition) is 2. The molecule has 0 bridgehead atoms. The van der Waals surface area contributed by atoms with Gasteiger partial charge in [0.2, 0.25) is 5.91 Å². The van der Waals surface area contributed by atoms with Crippen LogP contribution < -0.4 is 11.1 Å². The van der Waals surface area contributed by atoms with Crippen molar-refractivity contribution in [3.05, 3.63) is 125 Å². The molecule has 3 aromatic carbocycles. The van der Waals surface area contributed by atoms with Crippen molar-refractivity contribution in [1.29, 1.82) is 5.26 Å². The molecule has 1 unspecified atom stereocenters. The standard InChI is InChI=1S/C34H35F3N6OS/c1-33(23-39,41-31(44)17-29-20-40-24-43(29)21-27-13-11-26(19-38)12-14-27)18-32(45)42(16-15-25-7-3-2-4-8-25)22-28-9-5-6-10-30(28)34(35,36)37/h2-14,20,24H,15-18,21-23,39H2,1H3,(H,41,44). The van der Waals surface area contributed by atoms with Gasteiger partial charge in [-0.05, 0) is 48.2 Å². The molecule has 0 spiro atoms. The largest absolute Gasteiger partial charge is 0.416 e. The monoisotopic (exact) mass is 632 g/mol. The number of nitrogens with one attached hydrogen (secondary N) is 1. The van der Waals surface area contributed by atoms with E-state index in [0.29, 0.717) is 35.8 Å². The number of nitriles is 1. The summed E-state index contributed by atoms with van der Waals surface area (Å²) in [4.78, 5) is 19.6. The summed E-state index contributed by atoms with van der Waals surface area (Å²) in [7, 11) is 0. The lowest BCUT2D eigenvalue weighted by atomic mass is 9.96.